The van der Waals surface area contributed by atoms with Crippen molar-refractivity contribution in [1.29, 1.82) is 0 Å². The molecule has 0 spiro atoms. The Balaban J connectivity index is 0.00000480. The molecule has 1 aromatic rings. The number of halogens is 1. The summed E-state index contributed by atoms with van der Waals surface area (Å²) in [5, 5.41) is 0. The largest absolute Gasteiger partial charge is 1.00 e. The van der Waals surface area contributed by atoms with Crippen LogP contribution in [0, 0.1) is 0 Å². The molecular weight excluding hydrogens is 472 g/mol. The van der Waals surface area contributed by atoms with Gasteiger partial charge in [-0.15, -0.1) is 0 Å². The summed E-state index contributed by atoms with van der Waals surface area (Å²) in [4.78, 5) is 0. The molecule has 4 nitrogen and oxygen atoms in total. The first-order valence-corrected chi connectivity index (χ1v) is 14.0. The van der Waals surface area contributed by atoms with E-state index in [1.165, 1.54) is 56.9 Å². The minimum absolute atomic E-state index is 0. The van der Waals surface area contributed by atoms with Gasteiger partial charge in [0.05, 0.1) is 38.5 Å². The molecule has 0 bridgehead atoms. The quantitative estimate of drug-likeness (QED) is 0.265. The average Bonchev–Trinajstić information content (AvgIpc) is 2.76. The fraction of sp³-hybridized carbons (Fsp3) is 0.760. The molecule has 1 fully saturated rings. The molecule has 0 N–H and O–H groups in total. The summed E-state index contributed by atoms with van der Waals surface area (Å²) < 4.78 is 28.4. The third-order valence-electron chi connectivity index (χ3n) is 6.83. The molecule has 0 radical (unpaired) electrons. The number of piperazine rings is 1. The van der Waals surface area contributed by atoms with E-state index in [0.717, 1.165) is 43.5 Å². The van der Waals surface area contributed by atoms with Gasteiger partial charge in [0.25, 0.3) is 0 Å². The summed E-state index contributed by atoms with van der Waals surface area (Å²) in [7, 11) is -3.10. The zero-order valence-corrected chi connectivity index (χ0v) is 22.3. The van der Waals surface area contributed by atoms with Crippen molar-refractivity contribution in [2.75, 3.05) is 38.5 Å². The smallest absolute Gasteiger partial charge is 0.214 e. The van der Waals surface area contributed by atoms with Crippen LogP contribution < -0.4 is 17.0 Å². The van der Waals surface area contributed by atoms with Crippen LogP contribution in [0.25, 0.3) is 0 Å². The molecule has 1 aliphatic heterocycles. The van der Waals surface area contributed by atoms with Crippen molar-refractivity contribution < 1.29 is 29.9 Å². The Morgan fingerprint density at radius 1 is 0.806 bits per heavy atom. The Bertz CT molecular complexity index is 674. The van der Waals surface area contributed by atoms with Crippen LogP contribution in [0.5, 0.6) is 0 Å². The number of quaternary nitrogens is 1. The first-order valence-electron chi connectivity index (χ1n) is 12.4. The van der Waals surface area contributed by atoms with Crippen LogP contribution >= 0.6 is 0 Å². The Labute approximate surface area is 202 Å². The van der Waals surface area contributed by atoms with Crippen molar-refractivity contribution in [2.24, 2.45) is 0 Å². The van der Waals surface area contributed by atoms with Gasteiger partial charge in [-0.25, -0.2) is 8.42 Å². The zero-order valence-electron chi connectivity index (χ0n) is 19.9. The number of rotatable bonds is 15. The number of hydrogen-bond donors (Lipinski definition) is 0. The molecule has 0 saturated carbocycles. The second-order valence-corrected chi connectivity index (χ2v) is 11.2. The maximum absolute atomic E-state index is 12.8. The third-order valence-corrected chi connectivity index (χ3v) is 8.78. The number of benzene rings is 1. The van der Waals surface area contributed by atoms with E-state index in [4.69, 9.17) is 0 Å². The highest BCUT2D eigenvalue weighted by Crippen LogP contribution is 2.21. The second-order valence-electron chi connectivity index (χ2n) is 9.15. The molecule has 6 heteroatoms. The van der Waals surface area contributed by atoms with Gasteiger partial charge in [-0.05, 0) is 13.3 Å². The van der Waals surface area contributed by atoms with E-state index in [0.29, 0.717) is 18.8 Å². The normalized spacial score (nSPS) is 16.7. The summed E-state index contributed by atoms with van der Waals surface area (Å²) in [5.41, 5.74) is 1.35. The van der Waals surface area contributed by atoms with E-state index in [1.807, 2.05) is 0 Å². The van der Waals surface area contributed by atoms with Crippen molar-refractivity contribution in [2.45, 2.75) is 84.6 Å². The number of hydrogen-bond acceptors (Lipinski definition) is 2. The van der Waals surface area contributed by atoms with E-state index in [9.17, 15) is 8.42 Å². The molecule has 1 heterocycles. The predicted octanol–water partition coefficient (Wildman–Crippen LogP) is 2.59. The zero-order chi connectivity index (χ0) is 21.7. The molecule has 0 unspecified atom stereocenters. The van der Waals surface area contributed by atoms with Crippen molar-refractivity contribution in [3.05, 3.63) is 35.9 Å². The lowest BCUT2D eigenvalue weighted by Gasteiger charge is -2.44. The van der Waals surface area contributed by atoms with E-state index < -0.39 is 10.0 Å². The molecule has 0 aromatic heterocycles. The topological polar surface area (TPSA) is 37.4 Å². The van der Waals surface area contributed by atoms with Crippen molar-refractivity contribution >= 4 is 10.0 Å². The lowest BCUT2D eigenvalue weighted by atomic mass is 10.1. The van der Waals surface area contributed by atoms with Gasteiger partial charge in [-0.3, -0.25) is 0 Å². The summed E-state index contributed by atoms with van der Waals surface area (Å²) in [6.45, 7) is 9.72. The van der Waals surface area contributed by atoms with Crippen molar-refractivity contribution in [3.63, 3.8) is 0 Å². The van der Waals surface area contributed by atoms with Crippen LogP contribution in [-0.2, 0) is 16.6 Å². The SMILES string of the molecule is CCCCCCCCCCCCS(=O)(=O)N1CC[N+](CC)(Cc2ccccc2)CC1.[Br-]. The lowest BCUT2D eigenvalue weighted by molar-refractivity contribution is -0.942. The predicted molar refractivity (Wildman–Crippen MR) is 128 cm³/mol. The number of likely N-dealkylation sites (N-methyl/N-ethyl adjacent to an activating group) is 1. The molecule has 0 atom stereocenters. The van der Waals surface area contributed by atoms with E-state index in [2.05, 4.69) is 44.2 Å². The molecule has 0 amide bonds. The van der Waals surface area contributed by atoms with Gasteiger partial charge in [-0.2, -0.15) is 4.31 Å². The fourth-order valence-corrected chi connectivity index (χ4v) is 6.15. The van der Waals surface area contributed by atoms with Gasteiger partial charge < -0.3 is 21.5 Å². The maximum Gasteiger partial charge on any atom is 0.214 e. The van der Waals surface area contributed by atoms with Crippen molar-refractivity contribution in [1.82, 2.24) is 4.31 Å². The summed E-state index contributed by atoms with van der Waals surface area (Å²) in [5.74, 6) is 0.328. The summed E-state index contributed by atoms with van der Waals surface area (Å²) in [6, 6.07) is 10.6. The van der Waals surface area contributed by atoms with Gasteiger partial charge in [0.15, 0.2) is 0 Å². The highest BCUT2D eigenvalue weighted by atomic mass is 79.9. The van der Waals surface area contributed by atoms with Gasteiger partial charge in [-0.1, -0.05) is 95.0 Å². The molecule has 1 saturated heterocycles. The maximum atomic E-state index is 12.8. The van der Waals surface area contributed by atoms with E-state index in [1.54, 1.807) is 4.31 Å². The third kappa shape index (κ3) is 10.4. The average molecular weight is 518 g/mol. The van der Waals surface area contributed by atoms with Crippen molar-refractivity contribution in [3.8, 4) is 0 Å². The summed E-state index contributed by atoms with van der Waals surface area (Å²) in [6.07, 6.45) is 12.3. The van der Waals surface area contributed by atoms with Crippen LogP contribution in [0.15, 0.2) is 30.3 Å². The van der Waals surface area contributed by atoms with Gasteiger partial charge >= 0.3 is 0 Å². The Morgan fingerprint density at radius 3 is 1.84 bits per heavy atom. The van der Waals surface area contributed by atoms with Crippen LogP contribution in [-0.4, -0.2) is 55.7 Å². The lowest BCUT2D eigenvalue weighted by Crippen LogP contribution is -3.00. The molecular formula is C25H45BrN2O2S. The number of sulfonamides is 1. The number of nitrogens with zero attached hydrogens (tertiary/aromatic N) is 2. The van der Waals surface area contributed by atoms with Crippen LogP contribution in [0.4, 0.5) is 0 Å². The first kappa shape index (κ1) is 28.6. The molecule has 31 heavy (non-hydrogen) atoms. The van der Waals surface area contributed by atoms with Crippen LogP contribution in [0.3, 0.4) is 0 Å². The Morgan fingerprint density at radius 2 is 1.32 bits per heavy atom. The molecule has 2 rings (SSSR count). The van der Waals surface area contributed by atoms with Gasteiger partial charge in [0, 0.05) is 5.56 Å². The minimum Gasteiger partial charge on any atom is -1.00 e. The first-order chi connectivity index (χ1) is 14.5. The number of unbranched alkanes of at least 4 members (excludes halogenated alkanes) is 9. The highest BCUT2D eigenvalue weighted by molar-refractivity contribution is 7.89. The molecule has 0 aliphatic carbocycles. The summed E-state index contributed by atoms with van der Waals surface area (Å²) >= 11 is 0. The Kier molecular flexibility index (Phi) is 14.2. The van der Waals surface area contributed by atoms with E-state index in [-0.39, 0.29) is 17.0 Å². The molecule has 1 aromatic carbocycles. The Hall–Kier alpha value is -0.430. The van der Waals surface area contributed by atoms with Gasteiger partial charge in [0.1, 0.15) is 6.54 Å². The fourth-order valence-electron chi connectivity index (χ4n) is 4.61. The molecule has 1 aliphatic rings. The molecule has 180 valence electrons. The van der Waals surface area contributed by atoms with E-state index >= 15 is 0 Å². The highest BCUT2D eigenvalue weighted by Gasteiger charge is 2.35. The standard InChI is InChI=1S/C25H45N2O2S.BrH/c1-3-5-6-7-8-9-10-11-12-16-23-30(28,29)26-19-21-27(4-2,22-20-26)24-25-17-14-13-15-18-25;/h13-15,17-18H,3-12,16,19-24H2,1-2H3;1H/q+1;/p-1. The van der Waals surface area contributed by atoms with Crippen LogP contribution in [0.1, 0.15) is 83.6 Å². The monoisotopic (exact) mass is 516 g/mol. The van der Waals surface area contributed by atoms with Crippen LogP contribution in [0.2, 0.25) is 0 Å². The minimum atomic E-state index is -3.10. The van der Waals surface area contributed by atoms with Gasteiger partial charge in [0.2, 0.25) is 10.0 Å². The second kappa shape index (κ2) is 15.4.